The summed E-state index contributed by atoms with van der Waals surface area (Å²) in [6, 6.07) is 0. The molecule has 0 bridgehead atoms. The standard InChI is InChI=1S/C22H30O7/c1-7-11(2)21(25)29-20-18-14(5)22(26)28-17(18)10-13(4)16(27-15(6)23)9-8-12(3)19(20)24/h8,10-11,16-20,24H,5,7,9H2,1-4,6H3/b12-8+,13-10+. The monoisotopic (exact) mass is 406 g/mol. The number of rotatable bonds is 4. The zero-order chi connectivity index (χ0) is 21.9. The molecule has 0 spiro atoms. The highest BCUT2D eigenvalue weighted by Crippen LogP contribution is 2.37. The minimum atomic E-state index is -1.16. The molecule has 160 valence electrons. The van der Waals surface area contributed by atoms with Crippen molar-refractivity contribution in [1.29, 1.82) is 0 Å². The molecular weight excluding hydrogens is 376 g/mol. The molecule has 0 radical (unpaired) electrons. The number of fused-ring (bicyclic) bond motifs is 1. The Morgan fingerprint density at radius 1 is 1.31 bits per heavy atom. The molecule has 0 saturated carbocycles. The van der Waals surface area contributed by atoms with Crippen LogP contribution < -0.4 is 0 Å². The fraction of sp³-hybridized carbons (Fsp3) is 0.591. The van der Waals surface area contributed by atoms with E-state index in [-0.39, 0.29) is 11.5 Å². The van der Waals surface area contributed by atoms with Crippen LogP contribution in [0.1, 0.15) is 47.5 Å². The minimum Gasteiger partial charge on any atom is -0.458 e. The first-order chi connectivity index (χ1) is 13.6. The summed E-state index contributed by atoms with van der Waals surface area (Å²) >= 11 is 0. The molecule has 2 aliphatic rings. The van der Waals surface area contributed by atoms with E-state index in [2.05, 4.69) is 6.58 Å². The van der Waals surface area contributed by atoms with Gasteiger partial charge in [0, 0.05) is 18.9 Å². The van der Waals surface area contributed by atoms with Crippen molar-refractivity contribution >= 4 is 17.9 Å². The average molecular weight is 406 g/mol. The van der Waals surface area contributed by atoms with Crippen molar-refractivity contribution < 1.29 is 33.7 Å². The summed E-state index contributed by atoms with van der Waals surface area (Å²) in [5, 5.41) is 11.0. The van der Waals surface area contributed by atoms with Crippen LogP contribution in [0.2, 0.25) is 0 Å². The second kappa shape index (κ2) is 9.39. The van der Waals surface area contributed by atoms with E-state index in [4.69, 9.17) is 14.2 Å². The van der Waals surface area contributed by atoms with Gasteiger partial charge in [-0.3, -0.25) is 9.59 Å². The number of hydrogen-bond acceptors (Lipinski definition) is 7. The topological polar surface area (TPSA) is 99.1 Å². The molecule has 0 aromatic rings. The van der Waals surface area contributed by atoms with E-state index < -0.39 is 48.2 Å². The second-order valence-electron chi connectivity index (χ2n) is 7.77. The molecule has 6 atom stereocenters. The molecule has 1 aliphatic carbocycles. The Labute approximate surface area is 171 Å². The van der Waals surface area contributed by atoms with Crippen LogP contribution in [0.5, 0.6) is 0 Å². The van der Waals surface area contributed by atoms with Crippen LogP contribution in [0.4, 0.5) is 0 Å². The number of hydrogen-bond donors (Lipinski definition) is 1. The summed E-state index contributed by atoms with van der Waals surface area (Å²) < 4.78 is 16.5. The second-order valence-corrected chi connectivity index (χ2v) is 7.77. The highest BCUT2D eigenvalue weighted by atomic mass is 16.6. The van der Waals surface area contributed by atoms with Crippen LogP contribution in [-0.4, -0.2) is 47.4 Å². The van der Waals surface area contributed by atoms with Crippen molar-refractivity contribution in [2.45, 2.75) is 71.9 Å². The molecule has 1 aliphatic heterocycles. The van der Waals surface area contributed by atoms with Gasteiger partial charge in [0.15, 0.2) is 0 Å². The molecule has 1 heterocycles. The van der Waals surface area contributed by atoms with Crippen molar-refractivity contribution in [3.8, 4) is 0 Å². The van der Waals surface area contributed by atoms with Crippen LogP contribution in [0.3, 0.4) is 0 Å². The third kappa shape index (κ3) is 5.15. The Bertz CT molecular complexity index is 748. The van der Waals surface area contributed by atoms with Crippen molar-refractivity contribution in [3.05, 3.63) is 35.5 Å². The molecular formula is C22H30O7. The maximum absolute atomic E-state index is 12.5. The maximum Gasteiger partial charge on any atom is 0.334 e. The first-order valence-electron chi connectivity index (χ1n) is 9.87. The maximum atomic E-state index is 12.5. The third-order valence-electron chi connectivity index (χ3n) is 5.56. The van der Waals surface area contributed by atoms with E-state index in [0.717, 1.165) is 0 Å². The molecule has 1 saturated heterocycles. The largest absolute Gasteiger partial charge is 0.458 e. The van der Waals surface area contributed by atoms with Crippen LogP contribution in [-0.2, 0) is 28.6 Å². The van der Waals surface area contributed by atoms with Gasteiger partial charge in [0.05, 0.1) is 11.8 Å². The normalized spacial score (nSPS) is 34.6. The quantitative estimate of drug-likeness (QED) is 0.332. The van der Waals surface area contributed by atoms with Gasteiger partial charge >= 0.3 is 17.9 Å². The Morgan fingerprint density at radius 3 is 2.55 bits per heavy atom. The molecule has 29 heavy (non-hydrogen) atoms. The highest BCUT2D eigenvalue weighted by molar-refractivity contribution is 5.91. The van der Waals surface area contributed by atoms with Gasteiger partial charge in [-0.1, -0.05) is 26.5 Å². The molecule has 2 rings (SSSR count). The fourth-order valence-corrected chi connectivity index (χ4v) is 3.45. The van der Waals surface area contributed by atoms with Crippen molar-refractivity contribution in [2.75, 3.05) is 0 Å². The molecule has 6 unspecified atom stereocenters. The van der Waals surface area contributed by atoms with E-state index in [1.807, 2.05) is 6.92 Å². The summed E-state index contributed by atoms with van der Waals surface area (Å²) in [5.74, 6) is -2.59. The van der Waals surface area contributed by atoms with Crippen LogP contribution in [0.15, 0.2) is 35.5 Å². The van der Waals surface area contributed by atoms with Crippen molar-refractivity contribution in [1.82, 2.24) is 0 Å². The average Bonchev–Trinajstić information content (AvgIpc) is 2.93. The SMILES string of the molecule is C=C1C(=O)OC2/C=C(\C)C(OC(C)=O)C/C=C(\C)C(O)C(OC(=O)C(C)CC)C12. The lowest BCUT2D eigenvalue weighted by Gasteiger charge is -2.32. The predicted octanol–water partition coefficient (Wildman–Crippen LogP) is 2.63. The van der Waals surface area contributed by atoms with Gasteiger partial charge in [-0.15, -0.1) is 0 Å². The van der Waals surface area contributed by atoms with E-state index in [9.17, 15) is 19.5 Å². The lowest BCUT2D eigenvalue weighted by atomic mass is 9.83. The summed E-state index contributed by atoms with van der Waals surface area (Å²) in [5.41, 5.74) is 1.38. The smallest absolute Gasteiger partial charge is 0.334 e. The molecule has 7 heteroatoms. The Hall–Kier alpha value is -2.41. The van der Waals surface area contributed by atoms with Gasteiger partial charge in [0.25, 0.3) is 0 Å². The van der Waals surface area contributed by atoms with E-state index in [1.54, 1.807) is 32.9 Å². The number of aliphatic hydroxyl groups is 1. The highest BCUT2D eigenvalue weighted by Gasteiger charge is 2.48. The molecule has 7 nitrogen and oxygen atoms in total. The Kier molecular flexibility index (Phi) is 7.41. The van der Waals surface area contributed by atoms with Gasteiger partial charge in [0.1, 0.15) is 24.4 Å². The van der Waals surface area contributed by atoms with E-state index >= 15 is 0 Å². The lowest BCUT2D eigenvalue weighted by Crippen LogP contribution is -2.43. The minimum absolute atomic E-state index is 0.137. The Morgan fingerprint density at radius 2 is 1.97 bits per heavy atom. The van der Waals surface area contributed by atoms with Gasteiger partial charge < -0.3 is 19.3 Å². The number of carbonyl (C=O) groups is 3. The lowest BCUT2D eigenvalue weighted by molar-refractivity contribution is -0.162. The zero-order valence-electron chi connectivity index (χ0n) is 17.6. The molecule has 0 amide bonds. The van der Waals surface area contributed by atoms with Gasteiger partial charge in [0.2, 0.25) is 0 Å². The predicted molar refractivity (Wildman–Crippen MR) is 106 cm³/mol. The first-order valence-corrected chi connectivity index (χ1v) is 9.87. The molecule has 0 aromatic heterocycles. The summed E-state index contributed by atoms with van der Waals surface area (Å²) in [6.45, 7) is 12.2. The molecule has 1 fully saturated rings. The zero-order valence-corrected chi connectivity index (χ0v) is 17.6. The van der Waals surface area contributed by atoms with Crippen molar-refractivity contribution in [3.63, 3.8) is 0 Å². The van der Waals surface area contributed by atoms with Gasteiger partial charge in [-0.2, -0.15) is 0 Å². The van der Waals surface area contributed by atoms with Gasteiger partial charge in [-0.25, -0.2) is 4.79 Å². The Balaban J connectivity index is 2.49. The summed E-state index contributed by atoms with van der Waals surface area (Å²) in [4.78, 5) is 36.2. The number of ether oxygens (including phenoxy) is 3. The van der Waals surface area contributed by atoms with Crippen molar-refractivity contribution in [2.24, 2.45) is 11.8 Å². The number of esters is 3. The molecule has 1 N–H and O–H groups in total. The van der Waals surface area contributed by atoms with Gasteiger partial charge in [-0.05, 0) is 37.5 Å². The molecule has 0 aromatic carbocycles. The summed E-state index contributed by atoms with van der Waals surface area (Å²) in [7, 11) is 0. The van der Waals surface area contributed by atoms with E-state index in [0.29, 0.717) is 24.0 Å². The third-order valence-corrected chi connectivity index (χ3v) is 5.56. The fourth-order valence-electron chi connectivity index (χ4n) is 3.45. The summed E-state index contributed by atoms with van der Waals surface area (Å²) in [6.07, 6.45) is 0.829. The van der Waals surface area contributed by atoms with E-state index in [1.165, 1.54) is 6.92 Å². The van der Waals surface area contributed by atoms with Crippen LogP contribution >= 0.6 is 0 Å². The number of carbonyl (C=O) groups excluding carboxylic acids is 3. The van der Waals surface area contributed by atoms with Crippen LogP contribution in [0.25, 0.3) is 0 Å². The first kappa shape index (κ1) is 22.9. The number of aliphatic hydroxyl groups excluding tert-OH is 1. The van der Waals surface area contributed by atoms with Crippen LogP contribution in [0, 0.1) is 11.8 Å².